The number of aromatic nitrogens is 3. The largest absolute Gasteiger partial charge is 0.387 e. The second-order valence-electron chi connectivity index (χ2n) is 8.63. The zero-order valence-corrected chi connectivity index (χ0v) is 19.3. The van der Waals surface area contributed by atoms with E-state index in [-0.39, 0.29) is 17.4 Å². The van der Waals surface area contributed by atoms with E-state index in [0.29, 0.717) is 47.7 Å². The van der Waals surface area contributed by atoms with Crippen molar-refractivity contribution in [1.29, 1.82) is 0 Å². The predicted octanol–water partition coefficient (Wildman–Crippen LogP) is 3.60. The van der Waals surface area contributed by atoms with E-state index in [1.165, 1.54) is 0 Å². The minimum absolute atomic E-state index is 0.0312. The van der Waals surface area contributed by atoms with Gasteiger partial charge < -0.3 is 19.7 Å². The van der Waals surface area contributed by atoms with E-state index in [1.54, 1.807) is 30.1 Å². The van der Waals surface area contributed by atoms with Crippen molar-refractivity contribution in [2.45, 2.75) is 52.2 Å². The molecule has 0 bridgehead atoms. The summed E-state index contributed by atoms with van der Waals surface area (Å²) >= 11 is 0. The Morgan fingerprint density at radius 2 is 2.03 bits per heavy atom. The normalized spacial score (nSPS) is 14.4. The third-order valence-corrected chi connectivity index (χ3v) is 6.02. The van der Waals surface area contributed by atoms with E-state index in [4.69, 9.17) is 4.74 Å². The van der Waals surface area contributed by atoms with Crippen molar-refractivity contribution in [3.8, 4) is 11.1 Å². The first-order chi connectivity index (χ1) is 15.9. The van der Waals surface area contributed by atoms with Crippen LogP contribution in [0, 0.1) is 12.8 Å². The second kappa shape index (κ2) is 9.80. The summed E-state index contributed by atoms with van der Waals surface area (Å²) in [5, 5.41) is 13.9. The van der Waals surface area contributed by atoms with Crippen molar-refractivity contribution in [1.82, 2.24) is 14.5 Å². The average molecular weight is 451 g/mol. The molecule has 0 radical (unpaired) electrons. The van der Waals surface area contributed by atoms with Crippen LogP contribution < -0.4 is 10.9 Å². The lowest BCUT2D eigenvalue weighted by molar-refractivity contribution is -0.117. The number of hydrogen-bond acceptors (Lipinski definition) is 6. The number of aryl methyl sites for hydroxylation is 1. The number of nitrogens with one attached hydrogen (secondary N) is 1. The zero-order valence-electron chi connectivity index (χ0n) is 19.3. The summed E-state index contributed by atoms with van der Waals surface area (Å²) in [6, 6.07) is 5.39. The van der Waals surface area contributed by atoms with Crippen LogP contribution in [0.2, 0.25) is 0 Å². The van der Waals surface area contributed by atoms with E-state index in [1.807, 2.05) is 26.0 Å². The molecule has 1 fully saturated rings. The minimum Gasteiger partial charge on any atom is -0.387 e. The molecule has 3 aromatic rings. The lowest BCUT2D eigenvalue weighted by Gasteiger charge is -2.16. The van der Waals surface area contributed by atoms with Gasteiger partial charge in [0.1, 0.15) is 5.82 Å². The Bertz CT molecular complexity index is 1230. The number of pyridine rings is 3. The van der Waals surface area contributed by atoms with Gasteiger partial charge in [-0.15, -0.1) is 0 Å². The van der Waals surface area contributed by atoms with Crippen LogP contribution >= 0.6 is 0 Å². The molecule has 33 heavy (non-hydrogen) atoms. The molecule has 0 spiro atoms. The topological polar surface area (TPSA) is 106 Å². The average Bonchev–Trinajstić information content (AvgIpc) is 3.64. The smallest absolute Gasteiger partial charge is 0.259 e. The number of aliphatic hydroxyl groups excluding tert-OH is 1. The van der Waals surface area contributed by atoms with E-state index in [2.05, 4.69) is 15.3 Å². The summed E-state index contributed by atoms with van der Waals surface area (Å²) in [7, 11) is 1.59. The van der Waals surface area contributed by atoms with Crippen molar-refractivity contribution in [3.63, 3.8) is 0 Å². The molecule has 0 saturated heterocycles. The number of fused-ring (bicyclic) bond motifs is 1. The van der Waals surface area contributed by atoms with Gasteiger partial charge >= 0.3 is 0 Å². The molecule has 8 nitrogen and oxygen atoms in total. The number of aliphatic hydroxyl groups is 1. The number of hydrogen-bond donors (Lipinski definition) is 2. The van der Waals surface area contributed by atoms with Crippen LogP contribution in [0.4, 0.5) is 5.82 Å². The fraction of sp³-hybridized carbons (Fsp3) is 0.440. The van der Waals surface area contributed by atoms with Crippen LogP contribution in [-0.2, 0) is 16.1 Å². The number of carbonyl (C=O) groups excluding carboxylic acids is 1. The maximum atomic E-state index is 13.5. The molecule has 1 amide bonds. The first-order valence-corrected chi connectivity index (χ1v) is 11.4. The molecule has 3 aromatic heterocycles. The highest BCUT2D eigenvalue weighted by Gasteiger charge is 2.30. The Kier molecular flexibility index (Phi) is 6.85. The molecular formula is C25H30N4O4. The van der Waals surface area contributed by atoms with Gasteiger partial charge in [-0.25, -0.2) is 4.98 Å². The van der Waals surface area contributed by atoms with Crippen LogP contribution in [-0.4, -0.2) is 39.3 Å². The fourth-order valence-electron chi connectivity index (χ4n) is 3.98. The van der Waals surface area contributed by atoms with Gasteiger partial charge in [0.2, 0.25) is 5.91 Å². The molecule has 174 valence electrons. The summed E-state index contributed by atoms with van der Waals surface area (Å²) in [4.78, 5) is 34.5. The van der Waals surface area contributed by atoms with Gasteiger partial charge in [-0.2, -0.15) is 0 Å². The standard InChI is InChI=1S/C25H30N4O4/c1-4-5-22(30)20-10-15(2)19(14-26-20)18-11-17-13-27-23(28-24(31)16-6-7-16)12-21(17)29(25(18)32)8-9-33-3/h10-14,16,22,30H,4-9H2,1-3H3,(H,27,28,31)/t22-/m1/s1. The van der Waals surface area contributed by atoms with Crippen LogP contribution in [0.3, 0.4) is 0 Å². The molecule has 0 aliphatic heterocycles. The van der Waals surface area contributed by atoms with E-state index in [0.717, 1.165) is 30.2 Å². The number of methoxy groups -OCH3 is 1. The van der Waals surface area contributed by atoms with Gasteiger partial charge in [0, 0.05) is 54.5 Å². The summed E-state index contributed by atoms with van der Waals surface area (Å²) in [5.41, 5.74) is 3.21. The lowest BCUT2D eigenvalue weighted by atomic mass is 10.00. The molecule has 4 rings (SSSR count). The van der Waals surface area contributed by atoms with Crippen molar-refractivity contribution in [2.75, 3.05) is 19.0 Å². The highest BCUT2D eigenvalue weighted by molar-refractivity contribution is 5.95. The fourth-order valence-corrected chi connectivity index (χ4v) is 3.98. The quantitative estimate of drug-likeness (QED) is 0.516. The zero-order chi connectivity index (χ0) is 23.5. The van der Waals surface area contributed by atoms with Crippen molar-refractivity contribution < 1.29 is 14.6 Å². The monoisotopic (exact) mass is 450 g/mol. The van der Waals surface area contributed by atoms with Crippen LogP contribution in [0.25, 0.3) is 22.0 Å². The van der Waals surface area contributed by atoms with Gasteiger partial charge in [0.05, 0.1) is 23.9 Å². The first-order valence-electron chi connectivity index (χ1n) is 11.4. The number of nitrogens with zero attached hydrogens (tertiary/aromatic N) is 3. The van der Waals surface area contributed by atoms with Crippen molar-refractivity contribution in [2.24, 2.45) is 5.92 Å². The number of rotatable bonds is 9. The van der Waals surface area contributed by atoms with Crippen molar-refractivity contribution >= 4 is 22.6 Å². The molecular weight excluding hydrogens is 420 g/mol. The number of amides is 1. The molecule has 1 aliphatic rings. The molecule has 3 heterocycles. The molecule has 1 atom stereocenters. The number of carbonyl (C=O) groups is 1. The van der Waals surface area contributed by atoms with E-state index < -0.39 is 6.10 Å². The minimum atomic E-state index is -0.619. The van der Waals surface area contributed by atoms with Crippen molar-refractivity contribution in [3.05, 3.63) is 52.2 Å². The lowest BCUT2D eigenvalue weighted by Crippen LogP contribution is -2.25. The maximum absolute atomic E-state index is 13.5. The summed E-state index contributed by atoms with van der Waals surface area (Å²) in [6.45, 7) is 4.65. The molecule has 0 unspecified atom stereocenters. The third kappa shape index (κ3) is 4.96. The van der Waals surface area contributed by atoms with E-state index in [9.17, 15) is 14.7 Å². The van der Waals surface area contributed by atoms with Crippen LogP contribution in [0.1, 0.15) is 50.0 Å². The summed E-state index contributed by atoms with van der Waals surface area (Å²) in [5.74, 6) is 0.469. The Morgan fingerprint density at radius 1 is 1.24 bits per heavy atom. The Hall–Kier alpha value is -3.10. The van der Waals surface area contributed by atoms with Gasteiger partial charge in [-0.3, -0.25) is 14.6 Å². The number of ether oxygens (including phenoxy) is 1. The second-order valence-corrected chi connectivity index (χ2v) is 8.63. The molecule has 1 aliphatic carbocycles. The molecule has 0 aromatic carbocycles. The highest BCUT2D eigenvalue weighted by Crippen LogP contribution is 2.31. The van der Waals surface area contributed by atoms with Crippen LogP contribution in [0.5, 0.6) is 0 Å². The van der Waals surface area contributed by atoms with Crippen LogP contribution in [0.15, 0.2) is 35.4 Å². The summed E-state index contributed by atoms with van der Waals surface area (Å²) < 4.78 is 6.89. The predicted molar refractivity (Wildman–Crippen MR) is 127 cm³/mol. The van der Waals surface area contributed by atoms with Gasteiger partial charge in [0.15, 0.2) is 0 Å². The SMILES string of the molecule is CCC[C@@H](O)c1cc(C)c(-c2cc3cnc(NC(=O)C4CC4)cc3n(CCOC)c2=O)cn1. The Balaban J connectivity index is 1.78. The molecule has 1 saturated carbocycles. The Morgan fingerprint density at radius 3 is 2.70 bits per heavy atom. The molecule has 2 N–H and O–H groups in total. The number of anilines is 1. The summed E-state index contributed by atoms with van der Waals surface area (Å²) in [6.07, 6.45) is 6.01. The van der Waals surface area contributed by atoms with E-state index >= 15 is 0 Å². The Labute approximate surface area is 192 Å². The van der Waals surface area contributed by atoms with Gasteiger partial charge in [-0.1, -0.05) is 13.3 Å². The highest BCUT2D eigenvalue weighted by atomic mass is 16.5. The molecule has 8 heteroatoms. The third-order valence-electron chi connectivity index (χ3n) is 6.02. The van der Waals surface area contributed by atoms with Gasteiger partial charge in [-0.05, 0) is 43.9 Å². The first kappa shape index (κ1) is 23.1. The maximum Gasteiger partial charge on any atom is 0.259 e. The van der Waals surface area contributed by atoms with Gasteiger partial charge in [0.25, 0.3) is 5.56 Å².